The van der Waals surface area contributed by atoms with Gasteiger partial charge in [0.15, 0.2) is 0 Å². The van der Waals surface area contributed by atoms with Crippen molar-refractivity contribution in [3.8, 4) is 5.75 Å². The summed E-state index contributed by atoms with van der Waals surface area (Å²) in [4.78, 5) is 0. The molecule has 0 spiro atoms. The molecule has 6 nitrogen and oxygen atoms in total. The number of hydrogen-bond acceptors (Lipinski definition) is 6. The first-order valence-corrected chi connectivity index (χ1v) is 8.06. The van der Waals surface area contributed by atoms with E-state index in [1.54, 1.807) is 16.4 Å². The van der Waals surface area contributed by atoms with Crippen LogP contribution in [0.1, 0.15) is 18.9 Å². The standard InChI is InChI=1S/C14H21N5OS/c1-3-9-20-13-7-5-4-6-12(13)11-15-8-10-21-14-16-17-18-19(14)2/h4-7,15H,3,8-11H2,1-2H3. The maximum atomic E-state index is 5.74. The second-order valence-corrected chi connectivity index (χ2v) is 5.63. The number of nitrogens with one attached hydrogen (secondary N) is 1. The van der Waals surface area contributed by atoms with Gasteiger partial charge in [-0.05, 0) is 22.9 Å². The van der Waals surface area contributed by atoms with Crippen LogP contribution in [0, 0.1) is 0 Å². The fourth-order valence-corrected chi connectivity index (χ4v) is 2.53. The summed E-state index contributed by atoms with van der Waals surface area (Å²) in [6.45, 7) is 4.56. The van der Waals surface area contributed by atoms with Crippen LogP contribution in [0.5, 0.6) is 5.75 Å². The second-order valence-electron chi connectivity index (χ2n) is 4.57. The molecule has 21 heavy (non-hydrogen) atoms. The summed E-state index contributed by atoms with van der Waals surface area (Å²) in [6.07, 6.45) is 1.02. The molecule has 2 rings (SSSR count). The molecule has 0 radical (unpaired) electrons. The topological polar surface area (TPSA) is 64.9 Å². The number of benzene rings is 1. The first kappa shape index (κ1) is 15.8. The molecule has 1 aromatic carbocycles. The number of nitrogens with zero attached hydrogens (tertiary/aromatic N) is 4. The Hall–Kier alpha value is -1.60. The second kappa shape index (κ2) is 8.63. The maximum Gasteiger partial charge on any atom is 0.209 e. The number of rotatable bonds is 9. The Morgan fingerprint density at radius 1 is 1.33 bits per heavy atom. The van der Waals surface area contributed by atoms with Crippen molar-refractivity contribution < 1.29 is 4.74 Å². The molecule has 0 amide bonds. The third kappa shape index (κ3) is 5.02. The number of ether oxygens (including phenoxy) is 1. The quantitative estimate of drug-likeness (QED) is 0.564. The van der Waals surface area contributed by atoms with Gasteiger partial charge in [-0.15, -0.1) is 5.10 Å². The summed E-state index contributed by atoms with van der Waals surface area (Å²) < 4.78 is 7.42. The molecular weight excluding hydrogens is 286 g/mol. The van der Waals surface area contributed by atoms with Gasteiger partial charge in [0, 0.05) is 31.5 Å². The Kier molecular flexibility index (Phi) is 6.49. The monoisotopic (exact) mass is 307 g/mol. The number of aryl methyl sites for hydroxylation is 1. The van der Waals surface area contributed by atoms with Gasteiger partial charge in [0.25, 0.3) is 0 Å². The Bertz CT molecular complexity index is 546. The minimum absolute atomic E-state index is 0.756. The highest BCUT2D eigenvalue weighted by Gasteiger charge is 2.04. The summed E-state index contributed by atoms with van der Waals surface area (Å²) in [7, 11) is 1.84. The van der Waals surface area contributed by atoms with E-state index >= 15 is 0 Å². The van der Waals surface area contributed by atoms with Gasteiger partial charge in [0.2, 0.25) is 5.16 Å². The molecular formula is C14H21N5OS. The average molecular weight is 307 g/mol. The number of tetrazole rings is 1. The molecule has 1 N–H and O–H groups in total. The predicted molar refractivity (Wildman–Crippen MR) is 83.5 cm³/mol. The number of para-hydroxylation sites is 1. The molecule has 0 unspecified atom stereocenters. The zero-order chi connectivity index (χ0) is 14.9. The largest absolute Gasteiger partial charge is 0.493 e. The SMILES string of the molecule is CCCOc1ccccc1CNCCSc1nnnn1C. The molecule has 0 saturated heterocycles. The first-order valence-electron chi connectivity index (χ1n) is 7.08. The van der Waals surface area contributed by atoms with Gasteiger partial charge < -0.3 is 10.1 Å². The van der Waals surface area contributed by atoms with Crippen molar-refractivity contribution in [3.05, 3.63) is 29.8 Å². The van der Waals surface area contributed by atoms with E-state index in [0.717, 1.165) is 42.8 Å². The molecule has 0 aliphatic rings. The highest BCUT2D eigenvalue weighted by Crippen LogP contribution is 2.18. The van der Waals surface area contributed by atoms with Crippen LogP contribution in [0.3, 0.4) is 0 Å². The van der Waals surface area contributed by atoms with Gasteiger partial charge in [-0.1, -0.05) is 36.9 Å². The van der Waals surface area contributed by atoms with Gasteiger partial charge in [0.1, 0.15) is 5.75 Å². The van der Waals surface area contributed by atoms with Crippen molar-refractivity contribution in [2.75, 3.05) is 18.9 Å². The summed E-state index contributed by atoms with van der Waals surface area (Å²) in [5.41, 5.74) is 1.19. The van der Waals surface area contributed by atoms with E-state index in [0.29, 0.717) is 0 Å². The van der Waals surface area contributed by atoms with E-state index in [2.05, 4.69) is 33.8 Å². The van der Waals surface area contributed by atoms with Crippen molar-refractivity contribution >= 4 is 11.8 Å². The minimum atomic E-state index is 0.756. The van der Waals surface area contributed by atoms with E-state index in [1.807, 2.05) is 25.2 Å². The van der Waals surface area contributed by atoms with Crippen molar-refractivity contribution in [3.63, 3.8) is 0 Å². The number of hydrogen-bond donors (Lipinski definition) is 1. The fourth-order valence-electron chi connectivity index (χ4n) is 1.78. The van der Waals surface area contributed by atoms with Gasteiger partial charge in [-0.2, -0.15) is 0 Å². The van der Waals surface area contributed by atoms with Crippen LogP contribution in [0.15, 0.2) is 29.4 Å². The van der Waals surface area contributed by atoms with E-state index in [1.165, 1.54) is 5.56 Å². The predicted octanol–water partition coefficient (Wildman–Crippen LogP) is 1.88. The van der Waals surface area contributed by atoms with Crippen LogP contribution in [-0.4, -0.2) is 39.1 Å². The Morgan fingerprint density at radius 2 is 2.19 bits per heavy atom. The lowest BCUT2D eigenvalue weighted by Gasteiger charge is -2.11. The Labute approximate surface area is 129 Å². The maximum absolute atomic E-state index is 5.74. The molecule has 0 bridgehead atoms. The third-order valence-electron chi connectivity index (χ3n) is 2.84. The van der Waals surface area contributed by atoms with Crippen molar-refractivity contribution in [1.82, 2.24) is 25.5 Å². The summed E-state index contributed by atoms with van der Waals surface area (Å²) in [5, 5.41) is 15.6. The van der Waals surface area contributed by atoms with Crippen molar-refractivity contribution in [1.29, 1.82) is 0 Å². The van der Waals surface area contributed by atoms with E-state index in [-0.39, 0.29) is 0 Å². The molecule has 2 aromatic rings. The zero-order valence-electron chi connectivity index (χ0n) is 12.5. The van der Waals surface area contributed by atoms with Crippen molar-refractivity contribution in [2.45, 2.75) is 25.0 Å². The van der Waals surface area contributed by atoms with E-state index in [4.69, 9.17) is 4.74 Å². The highest BCUT2D eigenvalue weighted by molar-refractivity contribution is 7.99. The molecule has 1 heterocycles. The van der Waals surface area contributed by atoms with Gasteiger partial charge >= 0.3 is 0 Å². The number of thioether (sulfide) groups is 1. The summed E-state index contributed by atoms with van der Waals surface area (Å²) in [5.74, 6) is 1.89. The molecule has 7 heteroatoms. The lowest BCUT2D eigenvalue weighted by Crippen LogP contribution is -2.17. The zero-order valence-corrected chi connectivity index (χ0v) is 13.3. The minimum Gasteiger partial charge on any atom is -0.493 e. The van der Waals surface area contributed by atoms with Gasteiger partial charge in [0.05, 0.1) is 6.61 Å². The Morgan fingerprint density at radius 3 is 2.95 bits per heavy atom. The fraction of sp³-hybridized carbons (Fsp3) is 0.500. The first-order chi connectivity index (χ1) is 10.3. The molecule has 1 aromatic heterocycles. The molecule has 0 aliphatic heterocycles. The third-order valence-corrected chi connectivity index (χ3v) is 3.85. The molecule has 0 fully saturated rings. The van der Waals surface area contributed by atoms with Crippen LogP contribution in [0.4, 0.5) is 0 Å². The normalized spacial score (nSPS) is 10.8. The summed E-state index contributed by atoms with van der Waals surface area (Å²) in [6, 6.07) is 8.16. The van der Waals surface area contributed by atoms with Crippen LogP contribution >= 0.6 is 11.8 Å². The summed E-state index contributed by atoms with van der Waals surface area (Å²) >= 11 is 1.64. The molecule has 0 atom stereocenters. The Balaban J connectivity index is 1.72. The lowest BCUT2D eigenvalue weighted by molar-refractivity contribution is 0.313. The highest BCUT2D eigenvalue weighted by atomic mass is 32.2. The van der Waals surface area contributed by atoms with Gasteiger partial charge in [-0.3, -0.25) is 0 Å². The van der Waals surface area contributed by atoms with Crippen LogP contribution in [0.25, 0.3) is 0 Å². The van der Waals surface area contributed by atoms with Crippen LogP contribution in [-0.2, 0) is 13.6 Å². The smallest absolute Gasteiger partial charge is 0.209 e. The molecule has 0 saturated carbocycles. The average Bonchev–Trinajstić information content (AvgIpc) is 2.91. The van der Waals surface area contributed by atoms with Crippen LogP contribution < -0.4 is 10.1 Å². The number of aromatic nitrogens is 4. The van der Waals surface area contributed by atoms with E-state index < -0.39 is 0 Å². The van der Waals surface area contributed by atoms with Crippen molar-refractivity contribution in [2.24, 2.45) is 7.05 Å². The molecule has 114 valence electrons. The molecule has 0 aliphatic carbocycles. The van der Waals surface area contributed by atoms with Gasteiger partial charge in [-0.25, -0.2) is 4.68 Å². The van der Waals surface area contributed by atoms with Crippen LogP contribution in [0.2, 0.25) is 0 Å². The van der Waals surface area contributed by atoms with E-state index in [9.17, 15) is 0 Å². The lowest BCUT2D eigenvalue weighted by atomic mass is 10.2.